The second kappa shape index (κ2) is 3.88. The largest absolute Gasteiger partial charge is 0.486 e. The lowest BCUT2D eigenvalue weighted by molar-refractivity contribution is 0.117. The number of hydrogen-bond donors (Lipinski definition) is 1. The third-order valence-corrected chi connectivity index (χ3v) is 4.67. The van der Waals surface area contributed by atoms with E-state index in [9.17, 15) is 0 Å². The standard InChI is InChI=1S/C13H17NOS/c1-13(6-8-16-9-13)15-12-4-2-3-11-10(12)5-7-14-11/h2-4,14H,5-9H2,1H3. The van der Waals surface area contributed by atoms with Gasteiger partial charge >= 0.3 is 0 Å². The third-order valence-electron chi connectivity index (χ3n) is 3.36. The summed E-state index contributed by atoms with van der Waals surface area (Å²) in [6.45, 7) is 3.27. The van der Waals surface area contributed by atoms with Crippen LogP contribution in [0.1, 0.15) is 18.9 Å². The van der Waals surface area contributed by atoms with Gasteiger partial charge in [0.25, 0.3) is 0 Å². The van der Waals surface area contributed by atoms with E-state index in [1.807, 2.05) is 11.8 Å². The maximum atomic E-state index is 6.24. The van der Waals surface area contributed by atoms with Crippen LogP contribution in [0.3, 0.4) is 0 Å². The molecule has 3 rings (SSSR count). The molecule has 86 valence electrons. The minimum absolute atomic E-state index is 0.0440. The summed E-state index contributed by atoms with van der Waals surface area (Å²) in [6, 6.07) is 6.33. The lowest BCUT2D eigenvalue weighted by Gasteiger charge is -2.26. The van der Waals surface area contributed by atoms with E-state index in [1.165, 1.54) is 17.0 Å². The summed E-state index contributed by atoms with van der Waals surface area (Å²) < 4.78 is 6.24. The van der Waals surface area contributed by atoms with Gasteiger partial charge in [-0.05, 0) is 37.7 Å². The van der Waals surface area contributed by atoms with Crippen LogP contribution >= 0.6 is 11.8 Å². The molecule has 0 saturated carbocycles. The van der Waals surface area contributed by atoms with Crippen LogP contribution in [0.4, 0.5) is 5.69 Å². The molecular formula is C13H17NOS. The molecule has 2 aliphatic heterocycles. The minimum Gasteiger partial charge on any atom is -0.486 e. The van der Waals surface area contributed by atoms with Gasteiger partial charge in [0.15, 0.2) is 0 Å². The summed E-state index contributed by atoms with van der Waals surface area (Å²) in [5, 5.41) is 3.39. The number of ether oxygens (including phenoxy) is 1. The Hall–Kier alpha value is -0.830. The van der Waals surface area contributed by atoms with E-state index in [0.717, 1.165) is 30.9 Å². The molecule has 1 aromatic rings. The van der Waals surface area contributed by atoms with E-state index in [-0.39, 0.29) is 5.60 Å². The van der Waals surface area contributed by atoms with Crippen molar-refractivity contribution in [2.75, 3.05) is 23.4 Å². The first kappa shape index (κ1) is 10.3. The molecule has 1 aromatic carbocycles. The van der Waals surface area contributed by atoms with E-state index < -0.39 is 0 Å². The Bertz CT molecular complexity index is 399. The average molecular weight is 235 g/mol. The molecule has 0 spiro atoms. The average Bonchev–Trinajstić information content (AvgIpc) is 2.87. The van der Waals surface area contributed by atoms with Gasteiger partial charge in [0.1, 0.15) is 11.4 Å². The fraction of sp³-hybridized carbons (Fsp3) is 0.538. The first-order valence-corrected chi connectivity index (χ1v) is 7.05. The Morgan fingerprint density at radius 2 is 2.38 bits per heavy atom. The molecule has 0 aliphatic carbocycles. The monoisotopic (exact) mass is 235 g/mol. The maximum Gasteiger partial charge on any atom is 0.125 e. The smallest absolute Gasteiger partial charge is 0.125 e. The molecule has 3 heteroatoms. The van der Waals surface area contributed by atoms with E-state index in [2.05, 4.69) is 30.4 Å². The van der Waals surface area contributed by atoms with Gasteiger partial charge in [-0.1, -0.05) is 6.07 Å². The second-order valence-electron chi connectivity index (χ2n) is 4.81. The number of rotatable bonds is 2. The highest BCUT2D eigenvalue weighted by Crippen LogP contribution is 2.37. The van der Waals surface area contributed by atoms with Gasteiger partial charge in [0.05, 0.1) is 0 Å². The highest BCUT2D eigenvalue weighted by molar-refractivity contribution is 7.99. The Labute approximate surface area is 101 Å². The van der Waals surface area contributed by atoms with Crippen molar-refractivity contribution in [2.45, 2.75) is 25.4 Å². The highest BCUT2D eigenvalue weighted by Gasteiger charge is 2.32. The molecule has 0 amide bonds. The van der Waals surface area contributed by atoms with Crippen LogP contribution < -0.4 is 10.1 Å². The van der Waals surface area contributed by atoms with Gasteiger partial charge < -0.3 is 10.1 Å². The molecule has 0 radical (unpaired) electrons. The molecule has 16 heavy (non-hydrogen) atoms. The zero-order chi connectivity index (χ0) is 11.0. The Morgan fingerprint density at radius 3 is 3.19 bits per heavy atom. The van der Waals surface area contributed by atoms with Crippen LogP contribution in [0.25, 0.3) is 0 Å². The van der Waals surface area contributed by atoms with Gasteiger partial charge in [-0.25, -0.2) is 0 Å². The summed E-state index contributed by atoms with van der Waals surface area (Å²) in [4.78, 5) is 0. The first-order chi connectivity index (χ1) is 7.77. The zero-order valence-corrected chi connectivity index (χ0v) is 10.4. The molecule has 1 atom stereocenters. The summed E-state index contributed by atoms with van der Waals surface area (Å²) >= 11 is 1.99. The summed E-state index contributed by atoms with van der Waals surface area (Å²) in [6.07, 6.45) is 2.25. The van der Waals surface area contributed by atoms with Crippen molar-refractivity contribution in [1.29, 1.82) is 0 Å². The minimum atomic E-state index is 0.0440. The molecular weight excluding hydrogens is 218 g/mol. The van der Waals surface area contributed by atoms with Gasteiger partial charge in [-0.15, -0.1) is 0 Å². The summed E-state index contributed by atoms with van der Waals surface area (Å²) in [7, 11) is 0. The molecule has 2 heterocycles. The lowest BCUT2D eigenvalue weighted by Crippen LogP contribution is -2.32. The Kier molecular flexibility index (Phi) is 2.51. The van der Waals surface area contributed by atoms with Gasteiger partial charge in [0.2, 0.25) is 0 Å². The summed E-state index contributed by atoms with van der Waals surface area (Å²) in [5.74, 6) is 3.43. The van der Waals surface area contributed by atoms with Crippen molar-refractivity contribution in [3.8, 4) is 5.75 Å². The predicted octanol–water partition coefficient (Wildman–Crippen LogP) is 2.93. The maximum absolute atomic E-state index is 6.24. The number of fused-ring (bicyclic) bond motifs is 1. The first-order valence-electron chi connectivity index (χ1n) is 5.89. The van der Waals surface area contributed by atoms with Crippen molar-refractivity contribution in [2.24, 2.45) is 0 Å². The molecule has 2 aliphatic rings. The Morgan fingerprint density at radius 1 is 1.44 bits per heavy atom. The van der Waals surface area contributed by atoms with Crippen LogP contribution in [-0.4, -0.2) is 23.7 Å². The molecule has 1 fully saturated rings. The van der Waals surface area contributed by atoms with Crippen molar-refractivity contribution >= 4 is 17.4 Å². The van der Waals surface area contributed by atoms with Crippen molar-refractivity contribution in [3.05, 3.63) is 23.8 Å². The van der Waals surface area contributed by atoms with Crippen LogP contribution in [0, 0.1) is 0 Å². The van der Waals surface area contributed by atoms with E-state index in [1.54, 1.807) is 0 Å². The number of thioether (sulfide) groups is 1. The predicted molar refractivity (Wildman–Crippen MR) is 69.6 cm³/mol. The van der Waals surface area contributed by atoms with E-state index in [0.29, 0.717) is 0 Å². The van der Waals surface area contributed by atoms with Crippen LogP contribution in [-0.2, 0) is 6.42 Å². The van der Waals surface area contributed by atoms with Crippen molar-refractivity contribution in [1.82, 2.24) is 0 Å². The topological polar surface area (TPSA) is 21.3 Å². The number of anilines is 1. The number of nitrogens with one attached hydrogen (secondary N) is 1. The second-order valence-corrected chi connectivity index (χ2v) is 5.92. The van der Waals surface area contributed by atoms with Gasteiger partial charge in [-0.3, -0.25) is 0 Å². The third kappa shape index (κ3) is 1.77. The fourth-order valence-corrected chi connectivity index (χ4v) is 3.76. The Balaban J connectivity index is 1.87. The molecule has 0 aromatic heterocycles. The normalized spacial score (nSPS) is 27.6. The van der Waals surface area contributed by atoms with Crippen LogP contribution in [0.5, 0.6) is 5.75 Å². The number of hydrogen-bond acceptors (Lipinski definition) is 3. The van der Waals surface area contributed by atoms with Crippen LogP contribution in [0.15, 0.2) is 18.2 Å². The molecule has 1 N–H and O–H groups in total. The highest BCUT2D eigenvalue weighted by atomic mass is 32.2. The quantitative estimate of drug-likeness (QED) is 0.851. The molecule has 1 unspecified atom stereocenters. The van der Waals surface area contributed by atoms with E-state index >= 15 is 0 Å². The molecule has 1 saturated heterocycles. The fourth-order valence-electron chi connectivity index (χ4n) is 2.40. The van der Waals surface area contributed by atoms with Gasteiger partial charge in [0, 0.05) is 23.5 Å². The van der Waals surface area contributed by atoms with Gasteiger partial charge in [-0.2, -0.15) is 11.8 Å². The van der Waals surface area contributed by atoms with Crippen LogP contribution in [0.2, 0.25) is 0 Å². The SMILES string of the molecule is CC1(Oc2cccc3c2CCN3)CCSC1. The number of benzene rings is 1. The summed E-state index contributed by atoms with van der Waals surface area (Å²) in [5.41, 5.74) is 2.66. The molecule has 2 nitrogen and oxygen atoms in total. The van der Waals surface area contributed by atoms with E-state index in [4.69, 9.17) is 4.74 Å². The molecule has 0 bridgehead atoms. The van der Waals surface area contributed by atoms with Crippen molar-refractivity contribution < 1.29 is 4.74 Å². The zero-order valence-electron chi connectivity index (χ0n) is 9.58. The van der Waals surface area contributed by atoms with Crippen molar-refractivity contribution in [3.63, 3.8) is 0 Å². The lowest BCUT2D eigenvalue weighted by atomic mass is 10.1.